The van der Waals surface area contributed by atoms with Gasteiger partial charge in [-0.2, -0.15) is 0 Å². The lowest BCUT2D eigenvalue weighted by molar-refractivity contribution is 0.280. The zero-order valence-electron chi connectivity index (χ0n) is 15.5. The molecule has 1 N–H and O–H groups in total. The molecule has 3 nitrogen and oxygen atoms in total. The molecule has 27 heavy (non-hydrogen) atoms. The van der Waals surface area contributed by atoms with Gasteiger partial charge in [-0.3, -0.25) is 0 Å². The van der Waals surface area contributed by atoms with Crippen LogP contribution >= 0.6 is 0 Å². The van der Waals surface area contributed by atoms with E-state index in [9.17, 15) is 4.39 Å². The highest BCUT2D eigenvalue weighted by Gasteiger charge is 2.11. The molecule has 140 valence electrons. The lowest BCUT2D eigenvalue weighted by atomic mass is 10.1. The highest BCUT2D eigenvalue weighted by Crippen LogP contribution is 2.31. The van der Waals surface area contributed by atoms with Gasteiger partial charge in [-0.1, -0.05) is 60.7 Å². The highest BCUT2D eigenvalue weighted by molar-refractivity contribution is 5.46. The molecular formula is C23H24FNO2. The number of rotatable bonds is 9. The van der Waals surface area contributed by atoms with E-state index in [0.29, 0.717) is 31.9 Å². The fourth-order valence-corrected chi connectivity index (χ4v) is 2.90. The van der Waals surface area contributed by atoms with Crippen LogP contribution in [0.5, 0.6) is 11.5 Å². The summed E-state index contributed by atoms with van der Waals surface area (Å²) in [5, 5.41) is 3.37. The predicted molar refractivity (Wildman–Crippen MR) is 106 cm³/mol. The van der Waals surface area contributed by atoms with Crippen LogP contribution < -0.4 is 14.8 Å². The topological polar surface area (TPSA) is 30.5 Å². The van der Waals surface area contributed by atoms with Crippen LogP contribution in [0.3, 0.4) is 0 Å². The number of nitrogens with one attached hydrogen (secondary N) is 1. The Morgan fingerprint density at radius 1 is 0.852 bits per heavy atom. The zero-order chi connectivity index (χ0) is 18.9. The van der Waals surface area contributed by atoms with E-state index in [4.69, 9.17) is 9.47 Å². The number of ether oxygens (including phenoxy) is 2. The van der Waals surface area contributed by atoms with Crippen molar-refractivity contribution in [3.63, 3.8) is 0 Å². The van der Waals surface area contributed by atoms with Crippen LogP contribution in [0.2, 0.25) is 0 Å². The average Bonchev–Trinajstić information content (AvgIpc) is 2.71. The number of benzene rings is 3. The molecule has 0 unspecified atom stereocenters. The Morgan fingerprint density at radius 3 is 2.37 bits per heavy atom. The maximum Gasteiger partial charge on any atom is 0.166 e. The normalized spacial score (nSPS) is 10.6. The van der Waals surface area contributed by atoms with Gasteiger partial charge in [0.05, 0.1) is 7.11 Å². The van der Waals surface area contributed by atoms with E-state index < -0.39 is 0 Å². The SMILES string of the molecule is COc1cccc(CNCCc2ccccc2F)c1OCc1ccccc1. The van der Waals surface area contributed by atoms with E-state index in [1.807, 2.05) is 60.7 Å². The van der Waals surface area contributed by atoms with Gasteiger partial charge in [-0.05, 0) is 36.2 Å². The fourth-order valence-electron chi connectivity index (χ4n) is 2.90. The molecule has 0 atom stereocenters. The van der Waals surface area contributed by atoms with Gasteiger partial charge >= 0.3 is 0 Å². The van der Waals surface area contributed by atoms with Crippen LogP contribution in [0.15, 0.2) is 72.8 Å². The Balaban J connectivity index is 1.61. The third-order valence-corrected chi connectivity index (χ3v) is 4.35. The Bertz CT molecular complexity index is 852. The fraction of sp³-hybridized carbons (Fsp3) is 0.217. The third-order valence-electron chi connectivity index (χ3n) is 4.35. The second-order valence-corrected chi connectivity index (χ2v) is 6.24. The van der Waals surface area contributed by atoms with Crippen LogP contribution in [0.4, 0.5) is 4.39 Å². The Hall–Kier alpha value is -2.85. The van der Waals surface area contributed by atoms with E-state index in [1.165, 1.54) is 6.07 Å². The molecule has 0 saturated heterocycles. The number of methoxy groups -OCH3 is 1. The highest BCUT2D eigenvalue weighted by atomic mass is 19.1. The quantitative estimate of drug-likeness (QED) is 0.555. The lowest BCUT2D eigenvalue weighted by Crippen LogP contribution is -2.18. The van der Waals surface area contributed by atoms with Gasteiger partial charge < -0.3 is 14.8 Å². The van der Waals surface area contributed by atoms with E-state index >= 15 is 0 Å². The summed E-state index contributed by atoms with van der Waals surface area (Å²) in [6.45, 7) is 1.77. The van der Waals surface area contributed by atoms with Crippen LogP contribution in [0.1, 0.15) is 16.7 Å². The summed E-state index contributed by atoms with van der Waals surface area (Å²) in [7, 11) is 1.64. The van der Waals surface area contributed by atoms with Crippen LogP contribution in [-0.4, -0.2) is 13.7 Å². The van der Waals surface area contributed by atoms with E-state index in [1.54, 1.807) is 13.2 Å². The molecule has 0 aliphatic heterocycles. The number of halogens is 1. The standard InChI is InChI=1S/C23H24FNO2/c1-26-22-13-7-11-20(23(22)27-17-18-8-3-2-4-9-18)16-25-15-14-19-10-5-6-12-21(19)24/h2-13,25H,14-17H2,1H3. The molecule has 0 amide bonds. The first-order valence-corrected chi connectivity index (χ1v) is 9.04. The van der Waals surface area contributed by atoms with Gasteiger partial charge in [0, 0.05) is 12.1 Å². The molecular weight excluding hydrogens is 341 g/mol. The minimum absolute atomic E-state index is 0.160. The smallest absolute Gasteiger partial charge is 0.166 e. The summed E-state index contributed by atoms with van der Waals surface area (Å²) in [5.74, 6) is 1.29. The van der Waals surface area contributed by atoms with Gasteiger partial charge in [0.15, 0.2) is 11.5 Å². The zero-order valence-corrected chi connectivity index (χ0v) is 15.5. The molecule has 0 aliphatic carbocycles. The summed E-state index contributed by atoms with van der Waals surface area (Å²) in [6, 6.07) is 22.8. The van der Waals surface area contributed by atoms with Crippen molar-refractivity contribution >= 4 is 0 Å². The van der Waals surface area contributed by atoms with E-state index in [0.717, 1.165) is 22.4 Å². The summed E-state index contributed by atoms with van der Waals surface area (Å²) in [5.41, 5.74) is 2.83. The van der Waals surface area contributed by atoms with Crippen molar-refractivity contribution in [3.8, 4) is 11.5 Å². The van der Waals surface area contributed by atoms with Crippen molar-refractivity contribution in [2.24, 2.45) is 0 Å². The Labute approximate surface area is 159 Å². The molecule has 3 rings (SSSR count). The molecule has 0 aromatic heterocycles. The van der Waals surface area contributed by atoms with Gasteiger partial charge in [-0.25, -0.2) is 4.39 Å². The van der Waals surface area contributed by atoms with E-state index in [-0.39, 0.29) is 5.82 Å². The molecule has 0 spiro atoms. The van der Waals surface area contributed by atoms with E-state index in [2.05, 4.69) is 5.32 Å². The summed E-state index contributed by atoms with van der Waals surface area (Å²) >= 11 is 0. The molecule has 3 aromatic rings. The molecule has 0 heterocycles. The maximum atomic E-state index is 13.7. The first kappa shape index (κ1) is 18.9. The Kier molecular flexibility index (Phi) is 6.83. The third kappa shape index (κ3) is 5.31. The summed E-state index contributed by atoms with van der Waals surface area (Å²) < 4.78 is 25.2. The van der Waals surface area contributed by atoms with Crippen molar-refractivity contribution in [1.82, 2.24) is 5.32 Å². The molecule has 0 saturated carbocycles. The molecule has 0 radical (unpaired) electrons. The molecule has 0 aliphatic rings. The van der Waals surface area contributed by atoms with Crippen LogP contribution in [-0.2, 0) is 19.6 Å². The maximum absolute atomic E-state index is 13.7. The summed E-state index contributed by atoms with van der Waals surface area (Å²) in [6.07, 6.45) is 0.636. The monoisotopic (exact) mass is 365 g/mol. The first-order chi connectivity index (χ1) is 13.3. The van der Waals surface area contributed by atoms with Gasteiger partial charge in [0.1, 0.15) is 12.4 Å². The van der Waals surface area contributed by atoms with Gasteiger partial charge in [0.2, 0.25) is 0 Å². The molecule has 4 heteroatoms. The number of hydrogen-bond donors (Lipinski definition) is 1. The second-order valence-electron chi connectivity index (χ2n) is 6.24. The summed E-state index contributed by atoms with van der Waals surface area (Å²) in [4.78, 5) is 0. The van der Waals surface area contributed by atoms with Gasteiger partial charge in [-0.15, -0.1) is 0 Å². The van der Waals surface area contributed by atoms with Crippen LogP contribution in [0.25, 0.3) is 0 Å². The predicted octanol–water partition coefficient (Wildman–Crippen LogP) is 4.75. The number of para-hydroxylation sites is 1. The van der Waals surface area contributed by atoms with Crippen molar-refractivity contribution < 1.29 is 13.9 Å². The van der Waals surface area contributed by atoms with Crippen molar-refractivity contribution in [1.29, 1.82) is 0 Å². The lowest BCUT2D eigenvalue weighted by Gasteiger charge is -2.16. The molecule has 3 aromatic carbocycles. The minimum atomic E-state index is -0.160. The van der Waals surface area contributed by atoms with Crippen molar-refractivity contribution in [2.45, 2.75) is 19.6 Å². The molecule has 0 fully saturated rings. The Morgan fingerprint density at radius 2 is 1.59 bits per heavy atom. The first-order valence-electron chi connectivity index (χ1n) is 9.04. The second kappa shape index (κ2) is 9.74. The average molecular weight is 365 g/mol. The largest absolute Gasteiger partial charge is 0.493 e. The molecule has 0 bridgehead atoms. The van der Waals surface area contributed by atoms with Crippen LogP contribution in [0, 0.1) is 5.82 Å². The van der Waals surface area contributed by atoms with Crippen molar-refractivity contribution in [2.75, 3.05) is 13.7 Å². The van der Waals surface area contributed by atoms with Gasteiger partial charge in [0.25, 0.3) is 0 Å². The number of hydrogen-bond acceptors (Lipinski definition) is 3. The van der Waals surface area contributed by atoms with Crippen molar-refractivity contribution in [3.05, 3.63) is 95.3 Å². The minimum Gasteiger partial charge on any atom is -0.493 e.